The maximum Gasteiger partial charge on any atom is 0.312 e. The summed E-state index contributed by atoms with van der Waals surface area (Å²) in [5.41, 5.74) is 5.19. The highest BCUT2D eigenvalue weighted by atomic mass is 16.5. The van der Waals surface area contributed by atoms with E-state index in [-0.39, 0.29) is 6.54 Å². The molecule has 0 bridgehead atoms. The molecule has 0 saturated carbocycles. The lowest BCUT2D eigenvalue weighted by atomic mass is 10.1. The van der Waals surface area contributed by atoms with Gasteiger partial charge in [-0.05, 0) is 6.92 Å². The van der Waals surface area contributed by atoms with E-state index < -0.39 is 18.0 Å². The van der Waals surface area contributed by atoms with E-state index in [4.69, 9.17) is 10.8 Å². The van der Waals surface area contributed by atoms with E-state index in [1.807, 2.05) is 0 Å². The fourth-order valence-corrected chi connectivity index (χ4v) is 0.641. The van der Waals surface area contributed by atoms with Gasteiger partial charge in [-0.2, -0.15) is 0 Å². The SMILES string of the molecule is COC(=O)C(CN)C(C)O. The first-order valence-electron chi connectivity index (χ1n) is 3.09. The van der Waals surface area contributed by atoms with Crippen molar-refractivity contribution in [3.8, 4) is 0 Å². The van der Waals surface area contributed by atoms with Crippen molar-refractivity contribution in [1.82, 2.24) is 0 Å². The Balaban J connectivity index is 3.93. The molecule has 0 radical (unpaired) electrons. The number of carbonyl (C=O) groups excluding carboxylic acids is 1. The number of ether oxygens (including phenoxy) is 1. The molecule has 4 heteroatoms. The molecule has 0 aromatic heterocycles. The van der Waals surface area contributed by atoms with Gasteiger partial charge in [0.05, 0.1) is 19.1 Å². The van der Waals surface area contributed by atoms with Crippen LogP contribution in [0.3, 0.4) is 0 Å². The lowest BCUT2D eigenvalue weighted by Crippen LogP contribution is -2.33. The molecule has 4 nitrogen and oxygen atoms in total. The summed E-state index contributed by atoms with van der Waals surface area (Å²) in [5.74, 6) is -1.05. The second-order valence-corrected chi connectivity index (χ2v) is 2.11. The second-order valence-electron chi connectivity index (χ2n) is 2.11. The molecule has 0 aliphatic carbocycles. The number of nitrogens with two attached hydrogens (primary N) is 1. The third kappa shape index (κ3) is 2.33. The molecule has 0 fully saturated rings. The molecule has 2 unspecified atom stereocenters. The fraction of sp³-hybridized carbons (Fsp3) is 0.833. The lowest BCUT2D eigenvalue weighted by molar-refractivity contribution is -0.148. The first-order chi connectivity index (χ1) is 4.63. The molecule has 0 heterocycles. The van der Waals surface area contributed by atoms with Crippen LogP contribution in [0.15, 0.2) is 0 Å². The Labute approximate surface area is 60.0 Å². The van der Waals surface area contributed by atoms with Crippen LogP contribution >= 0.6 is 0 Å². The van der Waals surface area contributed by atoms with Gasteiger partial charge in [0.15, 0.2) is 0 Å². The highest BCUT2D eigenvalue weighted by molar-refractivity contribution is 5.73. The van der Waals surface area contributed by atoms with Crippen molar-refractivity contribution < 1.29 is 14.6 Å². The molecule has 0 spiro atoms. The highest BCUT2D eigenvalue weighted by Gasteiger charge is 2.22. The van der Waals surface area contributed by atoms with Gasteiger partial charge in [0.1, 0.15) is 0 Å². The van der Waals surface area contributed by atoms with Crippen LogP contribution in [0, 0.1) is 5.92 Å². The predicted molar refractivity (Wildman–Crippen MR) is 36.2 cm³/mol. The molecule has 0 saturated heterocycles. The first-order valence-corrected chi connectivity index (χ1v) is 3.09. The van der Waals surface area contributed by atoms with Crippen LogP contribution in [0.4, 0.5) is 0 Å². The summed E-state index contributed by atoms with van der Waals surface area (Å²) in [5, 5.41) is 8.93. The summed E-state index contributed by atoms with van der Waals surface area (Å²) in [7, 11) is 1.27. The molecule has 3 N–H and O–H groups in total. The number of hydrogen-bond donors (Lipinski definition) is 2. The molecule has 60 valence electrons. The fourth-order valence-electron chi connectivity index (χ4n) is 0.641. The van der Waals surface area contributed by atoms with Gasteiger partial charge in [0.2, 0.25) is 0 Å². The zero-order valence-corrected chi connectivity index (χ0v) is 6.20. The summed E-state index contributed by atoms with van der Waals surface area (Å²) >= 11 is 0. The first kappa shape index (κ1) is 9.39. The van der Waals surface area contributed by atoms with Gasteiger partial charge in [0.25, 0.3) is 0 Å². The molecule has 0 aromatic rings. The van der Waals surface area contributed by atoms with Crippen LogP contribution < -0.4 is 5.73 Å². The third-order valence-electron chi connectivity index (χ3n) is 1.34. The van der Waals surface area contributed by atoms with Gasteiger partial charge in [-0.15, -0.1) is 0 Å². The molecular weight excluding hydrogens is 134 g/mol. The smallest absolute Gasteiger partial charge is 0.312 e. The molecular formula is C6H13NO3. The maximum atomic E-state index is 10.7. The molecule has 10 heavy (non-hydrogen) atoms. The Kier molecular flexibility index (Phi) is 3.99. The average Bonchev–Trinajstić information content (AvgIpc) is 1.88. The number of carbonyl (C=O) groups is 1. The van der Waals surface area contributed by atoms with Crippen molar-refractivity contribution in [2.75, 3.05) is 13.7 Å². The topological polar surface area (TPSA) is 72.5 Å². The minimum atomic E-state index is -0.738. The van der Waals surface area contributed by atoms with E-state index >= 15 is 0 Å². The monoisotopic (exact) mass is 147 g/mol. The van der Waals surface area contributed by atoms with Gasteiger partial charge in [-0.1, -0.05) is 0 Å². The van der Waals surface area contributed by atoms with Crippen molar-refractivity contribution in [3.05, 3.63) is 0 Å². The summed E-state index contributed by atoms with van der Waals surface area (Å²) in [6, 6.07) is 0. The molecule has 0 amide bonds. The highest BCUT2D eigenvalue weighted by Crippen LogP contribution is 2.02. The largest absolute Gasteiger partial charge is 0.469 e. The van der Waals surface area contributed by atoms with Crippen molar-refractivity contribution in [2.45, 2.75) is 13.0 Å². The molecule has 0 aromatic carbocycles. The summed E-state index contributed by atoms with van der Waals surface area (Å²) < 4.78 is 4.39. The molecule has 0 rings (SSSR count). The van der Waals surface area contributed by atoms with Crippen LogP contribution in [-0.4, -0.2) is 30.8 Å². The van der Waals surface area contributed by atoms with E-state index in [2.05, 4.69) is 4.74 Å². The third-order valence-corrected chi connectivity index (χ3v) is 1.34. The van der Waals surface area contributed by atoms with Crippen molar-refractivity contribution in [1.29, 1.82) is 0 Å². The molecule has 2 atom stereocenters. The molecule has 0 aliphatic heterocycles. The van der Waals surface area contributed by atoms with Crippen LogP contribution in [0.25, 0.3) is 0 Å². The van der Waals surface area contributed by atoms with Crippen molar-refractivity contribution >= 4 is 5.97 Å². The Hall–Kier alpha value is -0.610. The normalized spacial score (nSPS) is 16.0. The number of esters is 1. The van der Waals surface area contributed by atoms with Crippen molar-refractivity contribution in [3.63, 3.8) is 0 Å². The number of methoxy groups -OCH3 is 1. The second kappa shape index (κ2) is 4.24. The Morgan fingerprint density at radius 1 is 1.80 bits per heavy atom. The summed E-state index contributed by atoms with van der Waals surface area (Å²) in [6.45, 7) is 1.62. The van der Waals surface area contributed by atoms with E-state index in [1.165, 1.54) is 14.0 Å². The van der Waals surface area contributed by atoms with Gasteiger partial charge in [-0.3, -0.25) is 4.79 Å². The Bertz CT molecular complexity index is 114. The Morgan fingerprint density at radius 2 is 2.30 bits per heavy atom. The van der Waals surface area contributed by atoms with Crippen LogP contribution in [0.5, 0.6) is 0 Å². The number of rotatable bonds is 3. The van der Waals surface area contributed by atoms with Gasteiger partial charge < -0.3 is 15.6 Å². The van der Waals surface area contributed by atoms with E-state index in [0.717, 1.165) is 0 Å². The lowest BCUT2D eigenvalue weighted by Gasteiger charge is -2.14. The standard InChI is InChI=1S/C6H13NO3/c1-4(8)5(3-7)6(9)10-2/h4-5,8H,3,7H2,1-2H3. The van der Waals surface area contributed by atoms with E-state index in [9.17, 15) is 4.79 Å². The molecule has 0 aliphatic rings. The zero-order chi connectivity index (χ0) is 8.15. The quantitative estimate of drug-likeness (QED) is 0.508. The Morgan fingerprint density at radius 3 is 2.40 bits per heavy atom. The minimum Gasteiger partial charge on any atom is -0.469 e. The van der Waals surface area contributed by atoms with Gasteiger partial charge in [-0.25, -0.2) is 0 Å². The number of aliphatic hydroxyl groups excluding tert-OH is 1. The predicted octanol–water partition coefficient (Wildman–Crippen LogP) is -0.885. The zero-order valence-electron chi connectivity index (χ0n) is 6.20. The number of hydrogen-bond acceptors (Lipinski definition) is 4. The summed E-state index contributed by atoms with van der Waals surface area (Å²) in [6.07, 6.45) is -0.738. The number of aliphatic hydroxyl groups is 1. The average molecular weight is 147 g/mol. The van der Waals surface area contributed by atoms with Crippen molar-refractivity contribution in [2.24, 2.45) is 11.7 Å². The van der Waals surface area contributed by atoms with Gasteiger partial charge in [0, 0.05) is 6.54 Å². The maximum absolute atomic E-state index is 10.7. The van der Waals surface area contributed by atoms with E-state index in [1.54, 1.807) is 0 Å². The van der Waals surface area contributed by atoms with Crippen LogP contribution in [0.1, 0.15) is 6.92 Å². The van der Waals surface area contributed by atoms with Crippen LogP contribution in [0.2, 0.25) is 0 Å². The summed E-state index contributed by atoms with van der Waals surface area (Å²) in [4.78, 5) is 10.7. The minimum absolute atomic E-state index is 0.115. The van der Waals surface area contributed by atoms with Crippen LogP contribution in [-0.2, 0) is 9.53 Å². The van der Waals surface area contributed by atoms with Gasteiger partial charge >= 0.3 is 5.97 Å². The van der Waals surface area contributed by atoms with E-state index in [0.29, 0.717) is 0 Å².